The van der Waals surface area contributed by atoms with Gasteiger partial charge in [0.05, 0.1) is 6.61 Å². The number of rotatable bonds is 6. The first-order chi connectivity index (χ1) is 8.49. The summed E-state index contributed by atoms with van der Waals surface area (Å²) in [6.07, 6.45) is 1.03. The van der Waals surface area contributed by atoms with Gasteiger partial charge in [-0.25, -0.2) is 4.79 Å². The number of nitrogens with one attached hydrogen (secondary N) is 2. The molecule has 0 radical (unpaired) electrons. The summed E-state index contributed by atoms with van der Waals surface area (Å²) in [5.74, 6) is -0.549. The lowest BCUT2D eigenvalue weighted by Gasteiger charge is -2.20. The van der Waals surface area contributed by atoms with Crippen molar-refractivity contribution < 1.29 is 19.4 Å². The third-order valence-corrected chi connectivity index (χ3v) is 3.16. The van der Waals surface area contributed by atoms with Crippen LogP contribution in [0.4, 0.5) is 4.79 Å². The monoisotopic (exact) mass is 258 g/mol. The van der Waals surface area contributed by atoms with Crippen molar-refractivity contribution in [3.63, 3.8) is 0 Å². The molecule has 0 spiro atoms. The molecule has 0 aliphatic carbocycles. The zero-order valence-electron chi connectivity index (χ0n) is 10.9. The van der Waals surface area contributed by atoms with Gasteiger partial charge in [0, 0.05) is 31.5 Å². The van der Waals surface area contributed by atoms with Crippen molar-refractivity contribution >= 4 is 12.0 Å². The summed E-state index contributed by atoms with van der Waals surface area (Å²) in [6.45, 7) is 5.57. The van der Waals surface area contributed by atoms with Crippen LogP contribution >= 0.6 is 0 Å². The molecule has 104 valence electrons. The van der Waals surface area contributed by atoms with Crippen LogP contribution < -0.4 is 10.6 Å². The Morgan fingerprint density at radius 2 is 2.17 bits per heavy atom. The molecule has 1 aliphatic heterocycles. The van der Waals surface area contributed by atoms with Gasteiger partial charge in [-0.1, -0.05) is 6.92 Å². The highest BCUT2D eigenvalue weighted by Gasteiger charge is 2.23. The minimum absolute atomic E-state index is 0.0618. The molecule has 0 bridgehead atoms. The van der Waals surface area contributed by atoms with Gasteiger partial charge >= 0.3 is 12.0 Å². The van der Waals surface area contributed by atoms with E-state index in [9.17, 15) is 9.59 Å². The molecule has 6 heteroatoms. The van der Waals surface area contributed by atoms with Crippen LogP contribution in [0.5, 0.6) is 0 Å². The van der Waals surface area contributed by atoms with Crippen molar-refractivity contribution in [3.05, 3.63) is 0 Å². The highest BCUT2D eigenvalue weighted by molar-refractivity contribution is 5.74. The molecule has 0 aromatic carbocycles. The molecule has 1 heterocycles. The normalized spacial score (nSPS) is 22.2. The Morgan fingerprint density at radius 1 is 1.44 bits per heavy atom. The molecule has 1 fully saturated rings. The maximum absolute atomic E-state index is 11.6. The SMILES string of the molecule is CC(CNC(=O)NC(C)C1CCOC1)CC(=O)O. The molecule has 1 aliphatic rings. The molecule has 0 aromatic rings. The molecular weight excluding hydrogens is 236 g/mol. The molecular formula is C12H22N2O4. The number of carbonyl (C=O) groups excluding carboxylic acids is 1. The molecule has 0 aromatic heterocycles. The van der Waals surface area contributed by atoms with E-state index < -0.39 is 5.97 Å². The van der Waals surface area contributed by atoms with Gasteiger partial charge in [0.25, 0.3) is 0 Å². The largest absolute Gasteiger partial charge is 0.481 e. The Bertz CT molecular complexity index is 290. The summed E-state index contributed by atoms with van der Waals surface area (Å²) in [5.41, 5.74) is 0. The number of carboxylic acid groups (broad SMARTS) is 1. The fourth-order valence-electron chi connectivity index (χ4n) is 1.96. The summed E-state index contributed by atoms with van der Waals surface area (Å²) in [4.78, 5) is 22.1. The predicted octanol–water partition coefficient (Wildman–Crippen LogP) is 0.821. The van der Waals surface area contributed by atoms with E-state index in [4.69, 9.17) is 9.84 Å². The Morgan fingerprint density at radius 3 is 2.72 bits per heavy atom. The number of hydrogen-bond acceptors (Lipinski definition) is 3. The smallest absolute Gasteiger partial charge is 0.315 e. The summed E-state index contributed by atoms with van der Waals surface area (Å²) >= 11 is 0. The average Bonchev–Trinajstić information content (AvgIpc) is 2.78. The van der Waals surface area contributed by atoms with E-state index in [1.54, 1.807) is 6.92 Å². The van der Waals surface area contributed by atoms with Crippen molar-refractivity contribution in [2.75, 3.05) is 19.8 Å². The lowest BCUT2D eigenvalue weighted by molar-refractivity contribution is -0.137. The van der Waals surface area contributed by atoms with Gasteiger partial charge in [0.15, 0.2) is 0 Å². The van der Waals surface area contributed by atoms with Gasteiger partial charge in [0.2, 0.25) is 0 Å². The van der Waals surface area contributed by atoms with Crippen LogP contribution in [0.2, 0.25) is 0 Å². The molecule has 1 rings (SSSR count). The second-order valence-electron chi connectivity index (χ2n) is 4.97. The molecule has 3 atom stereocenters. The molecule has 18 heavy (non-hydrogen) atoms. The molecule has 0 saturated carbocycles. The topological polar surface area (TPSA) is 87.7 Å². The lowest BCUT2D eigenvalue weighted by atomic mass is 10.0. The number of hydrogen-bond donors (Lipinski definition) is 3. The van der Waals surface area contributed by atoms with Gasteiger partial charge < -0.3 is 20.5 Å². The maximum Gasteiger partial charge on any atom is 0.315 e. The third-order valence-electron chi connectivity index (χ3n) is 3.16. The average molecular weight is 258 g/mol. The van der Waals surface area contributed by atoms with Gasteiger partial charge in [-0.3, -0.25) is 4.79 Å². The van der Waals surface area contributed by atoms with Crippen LogP contribution in [0.25, 0.3) is 0 Å². The van der Waals surface area contributed by atoms with Gasteiger partial charge in [-0.15, -0.1) is 0 Å². The quantitative estimate of drug-likeness (QED) is 0.658. The van der Waals surface area contributed by atoms with Crippen LogP contribution in [-0.4, -0.2) is 42.9 Å². The first-order valence-corrected chi connectivity index (χ1v) is 6.33. The standard InChI is InChI=1S/C12H22N2O4/c1-8(5-11(15)16)6-13-12(17)14-9(2)10-3-4-18-7-10/h8-10H,3-7H2,1-2H3,(H,15,16)(H2,13,14,17). The number of carbonyl (C=O) groups is 2. The Labute approximate surface area is 107 Å². The van der Waals surface area contributed by atoms with E-state index in [-0.39, 0.29) is 24.4 Å². The highest BCUT2D eigenvalue weighted by Crippen LogP contribution is 2.16. The summed E-state index contributed by atoms with van der Waals surface area (Å²) in [5, 5.41) is 14.1. The Balaban J connectivity index is 2.18. The highest BCUT2D eigenvalue weighted by atomic mass is 16.5. The van der Waals surface area contributed by atoms with Crippen molar-refractivity contribution in [3.8, 4) is 0 Å². The van der Waals surface area contributed by atoms with Gasteiger partial charge in [0.1, 0.15) is 0 Å². The second-order valence-corrected chi connectivity index (χ2v) is 4.97. The van der Waals surface area contributed by atoms with Crippen LogP contribution in [-0.2, 0) is 9.53 Å². The van der Waals surface area contributed by atoms with E-state index >= 15 is 0 Å². The third kappa shape index (κ3) is 5.35. The van der Waals surface area contributed by atoms with E-state index in [2.05, 4.69) is 10.6 Å². The van der Waals surface area contributed by atoms with E-state index in [1.807, 2.05) is 6.92 Å². The van der Waals surface area contributed by atoms with Crippen LogP contribution in [0, 0.1) is 11.8 Å². The Hall–Kier alpha value is -1.30. The molecule has 3 unspecified atom stereocenters. The van der Waals surface area contributed by atoms with E-state index in [0.717, 1.165) is 13.0 Å². The summed E-state index contributed by atoms with van der Waals surface area (Å²) in [7, 11) is 0. The van der Waals surface area contributed by atoms with E-state index in [1.165, 1.54) is 0 Å². The van der Waals surface area contributed by atoms with Crippen LogP contribution in [0.3, 0.4) is 0 Å². The van der Waals surface area contributed by atoms with Crippen LogP contribution in [0.1, 0.15) is 26.7 Å². The summed E-state index contributed by atoms with van der Waals surface area (Å²) in [6, 6.07) is -0.172. The zero-order valence-corrected chi connectivity index (χ0v) is 10.9. The fourth-order valence-corrected chi connectivity index (χ4v) is 1.96. The van der Waals surface area contributed by atoms with Crippen molar-refractivity contribution in [1.82, 2.24) is 10.6 Å². The number of amides is 2. The molecule has 1 saturated heterocycles. The number of aliphatic carboxylic acids is 1. The molecule has 6 nitrogen and oxygen atoms in total. The number of ether oxygens (including phenoxy) is 1. The van der Waals surface area contributed by atoms with Crippen molar-refractivity contribution in [2.24, 2.45) is 11.8 Å². The summed E-state index contributed by atoms with van der Waals surface area (Å²) < 4.78 is 5.26. The molecule has 2 amide bonds. The Kier molecular flexibility index (Phi) is 5.91. The van der Waals surface area contributed by atoms with E-state index in [0.29, 0.717) is 19.1 Å². The maximum atomic E-state index is 11.6. The first-order valence-electron chi connectivity index (χ1n) is 6.33. The number of carboxylic acids is 1. The predicted molar refractivity (Wildman–Crippen MR) is 66.3 cm³/mol. The van der Waals surface area contributed by atoms with Gasteiger partial charge in [-0.2, -0.15) is 0 Å². The van der Waals surface area contributed by atoms with Crippen molar-refractivity contribution in [1.29, 1.82) is 0 Å². The second kappa shape index (κ2) is 7.20. The number of urea groups is 1. The lowest BCUT2D eigenvalue weighted by Crippen LogP contribution is -2.45. The zero-order chi connectivity index (χ0) is 13.5. The minimum Gasteiger partial charge on any atom is -0.481 e. The van der Waals surface area contributed by atoms with Crippen LogP contribution in [0.15, 0.2) is 0 Å². The van der Waals surface area contributed by atoms with Gasteiger partial charge in [-0.05, 0) is 19.3 Å². The minimum atomic E-state index is -0.846. The van der Waals surface area contributed by atoms with Crippen molar-refractivity contribution in [2.45, 2.75) is 32.7 Å². The first kappa shape index (κ1) is 14.8. The fraction of sp³-hybridized carbons (Fsp3) is 0.833. The molecule has 3 N–H and O–H groups in total.